The number of Topliss-reactive ketones (excluding diaryl/α,β-unsaturated/α-hetero) is 4. The molecule has 14 aromatic rings. The number of hydrogen-bond acceptors (Lipinski definition) is 14. The molecule has 20 nitrogen and oxygen atoms in total. The molecule has 580 valence electrons. The molecule has 4 amide bonds. The zero-order valence-electron chi connectivity index (χ0n) is 63.7. The van der Waals surface area contributed by atoms with E-state index in [4.69, 9.17) is 55.9 Å². The normalized spacial score (nSPS) is 10.8. The lowest BCUT2D eigenvalue weighted by atomic mass is 10.1. The van der Waals surface area contributed by atoms with Crippen molar-refractivity contribution < 1.29 is 47.8 Å². The number of carbonyl (C=O) groups excluding carboxylic acids is 8. The zero-order chi connectivity index (χ0) is 81.6. The van der Waals surface area contributed by atoms with E-state index in [0.717, 1.165) is 86.6 Å². The first-order valence-electron chi connectivity index (χ1n) is 35.7. The summed E-state index contributed by atoms with van der Waals surface area (Å²) in [5, 5.41) is 13.3. The minimum absolute atomic E-state index is 0.353. The summed E-state index contributed by atoms with van der Waals surface area (Å²) in [6.07, 6.45) is 3.00. The van der Waals surface area contributed by atoms with Gasteiger partial charge < -0.3 is 49.0 Å². The first-order chi connectivity index (χ1) is 54.6. The number of rotatable bonds is 22. The molecule has 0 aliphatic carbocycles. The van der Waals surface area contributed by atoms with Gasteiger partial charge in [-0.05, 0) is 187 Å². The van der Waals surface area contributed by atoms with Gasteiger partial charge in [-0.1, -0.05) is 131 Å². The second-order valence-electron chi connectivity index (χ2n) is 26.5. The quantitative estimate of drug-likeness (QED) is 0.0365. The summed E-state index contributed by atoms with van der Waals surface area (Å²) in [6.45, 7) is 17.7. The van der Waals surface area contributed by atoms with Crippen LogP contribution >= 0.6 is 69.1 Å². The topological polar surface area (TPSA) is 249 Å². The van der Waals surface area contributed by atoms with Gasteiger partial charge in [-0.15, -0.1) is 22.7 Å². The Morgan fingerprint density at radius 2 is 0.632 bits per heavy atom. The zero-order valence-corrected chi connectivity index (χ0v) is 68.4. The minimum atomic E-state index is -0.708. The van der Waals surface area contributed by atoms with Crippen LogP contribution in [0.2, 0.25) is 20.1 Å². The lowest BCUT2D eigenvalue weighted by Gasteiger charge is -2.10. The largest absolute Gasteiger partial charge is 0.481 e. The third-order valence-corrected chi connectivity index (χ3v) is 21.8. The van der Waals surface area contributed by atoms with Gasteiger partial charge in [0.2, 0.25) is 11.8 Å². The molecule has 8 heterocycles. The van der Waals surface area contributed by atoms with Crippen LogP contribution in [-0.2, 0) is 45.4 Å². The number of ketones is 4. The van der Waals surface area contributed by atoms with Gasteiger partial charge in [0.05, 0.1) is 45.8 Å². The van der Waals surface area contributed by atoms with Crippen molar-refractivity contribution in [2.24, 2.45) is 0 Å². The summed E-state index contributed by atoms with van der Waals surface area (Å²) in [7, 11) is 2.97. The Labute approximate surface area is 686 Å². The van der Waals surface area contributed by atoms with Crippen LogP contribution in [0.1, 0.15) is 108 Å². The Kier molecular flexibility index (Phi) is 27.3. The van der Waals surface area contributed by atoms with Crippen LogP contribution < -0.4 is 30.7 Å². The Hall–Kier alpha value is -12.0. The van der Waals surface area contributed by atoms with Gasteiger partial charge in [0, 0.05) is 149 Å². The molecular weight excluding hydrogens is 1560 g/mol. The van der Waals surface area contributed by atoms with Crippen LogP contribution in [0.3, 0.4) is 0 Å². The lowest BCUT2D eigenvalue weighted by Crippen LogP contribution is -2.23. The molecule has 0 saturated heterocycles. The standard InChI is InChI=1S/C23H20ClN3O3S.C23H19ClN2O2S.C21H20ClN3O3.C21H19ClN2O2/c1-13-10-18-22(31-13)20(14(2)27(18)12-15-4-6-16(24)7-5-15)21(28)23(29)26-17-8-9-25-19(11-17)30-3;1-14-12-19-22(29-14)20(21(27)23(28)25-18-6-4-3-5-7-18)15(2)26(19)13-16-8-10-17(24)11-9-16;1-13-10-18(14(2)25(13)12-15-4-6-16(22)7-5-15)20(26)21(27)24-17-8-9-23-19(11-17)28-3;1-14-12-19(20(25)21(26)23-18-6-4-3-5-7-18)15(2)24(14)13-16-8-10-17(22)11-9-16/h4-11H,12H2,1-3H3,(H,25,26,29);3-12H,13H2,1-2H3,(H,25,28);4-11H,12H2,1-3H3,(H,23,24,27);3-12H,13H2,1-2H3,(H,23,26). The van der Waals surface area contributed by atoms with Crippen LogP contribution in [0.25, 0.3) is 20.4 Å². The second-order valence-corrected chi connectivity index (χ2v) is 30.8. The number of nitrogens with one attached hydrogen (secondary N) is 4. The maximum Gasteiger partial charge on any atom is 0.296 e. The molecule has 0 aliphatic heterocycles. The number of thiophene rings is 2. The molecule has 114 heavy (non-hydrogen) atoms. The summed E-state index contributed by atoms with van der Waals surface area (Å²) >= 11 is 26.9. The number of para-hydroxylation sites is 2. The summed E-state index contributed by atoms with van der Waals surface area (Å²) in [5.74, 6) is -4.19. The number of anilines is 4. The Morgan fingerprint density at radius 1 is 0.342 bits per heavy atom. The van der Waals surface area contributed by atoms with Crippen molar-refractivity contribution in [3.05, 3.63) is 327 Å². The maximum absolute atomic E-state index is 13.2. The monoisotopic (exact) mass is 1640 g/mol. The van der Waals surface area contributed by atoms with E-state index >= 15 is 0 Å². The van der Waals surface area contributed by atoms with Crippen LogP contribution in [-0.4, -0.2) is 89.2 Å². The Morgan fingerprint density at radius 3 is 0.939 bits per heavy atom. The highest BCUT2D eigenvalue weighted by atomic mass is 35.5. The molecule has 8 aromatic heterocycles. The van der Waals surface area contributed by atoms with E-state index < -0.39 is 46.8 Å². The van der Waals surface area contributed by atoms with E-state index in [9.17, 15) is 38.4 Å². The Balaban J connectivity index is 0.000000150. The van der Waals surface area contributed by atoms with Crippen LogP contribution in [0.15, 0.2) is 219 Å². The number of nitrogens with zero attached hydrogens (tertiary/aromatic N) is 6. The predicted octanol–water partition coefficient (Wildman–Crippen LogP) is 19.7. The van der Waals surface area contributed by atoms with E-state index in [-0.39, 0.29) is 0 Å². The number of ether oxygens (including phenoxy) is 2. The van der Waals surface area contributed by atoms with Crippen LogP contribution in [0.5, 0.6) is 11.8 Å². The van der Waals surface area contributed by atoms with Gasteiger partial charge in [0.1, 0.15) is 0 Å². The molecule has 0 aliphatic rings. The molecule has 6 aromatic carbocycles. The number of aromatic nitrogens is 6. The van der Waals surface area contributed by atoms with Gasteiger partial charge in [-0.25, -0.2) is 9.97 Å². The van der Waals surface area contributed by atoms with Crippen molar-refractivity contribution in [3.63, 3.8) is 0 Å². The number of pyridine rings is 2. The molecule has 26 heteroatoms. The molecule has 0 atom stereocenters. The number of benzene rings is 6. The molecule has 0 unspecified atom stereocenters. The van der Waals surface area contributed by atoms with Crippen LogP contribution in [0, 0.1) is 55.4 Å². The van der Waals surface area contributed by atoms with E-state index in [0.29, 0.717) is 103 Å². The first-order valence-corrected chi connectivity index (χ1v) is 38.8. The smallest absolute Gasteiger partial charge is 0.296 e. The summed E-state index contributed by atoms with van der Waals surface area (Å²) in [6, 6.07) is 62.2. The van der Waals surface area contributed by atoms with Crippen molar-refractivity contribution in [2.45, 2.75) is 81.6 Å². The van der Waals surface area contributed by atoms with E-state index in [2.05, 4.69) is 46.4 Å². The van der Waals surface area contributed by atoms with Crippen LogP contribution in [0.4, 0.5) is 22.7 Å². The Bertz CT molecular complexity index is 5910. The highest BCUT2D eigenvalue weighted by Gasteiger charge is 2.30. The molecule has 0 spiro atoms. The van der Waals surface area contributed by atoms with Gasteiger partial charge >= 0.3 is 0 Å². The van der Waals surface area contributed by atoms with Crippen molar-refractivity contribution in [3.8, 4) is 11.8 Å². The predicted molar refractivity (Wildman–Crippen MR) is 455 cm³/mol. The first kappa shape index (κ1) is 82.9. The summed E-state index contributed by atoms with van der Waals surface area (Å²) < 4.78 is 19.9. The number of fused-ring (bicyclic) bond motifs is 2. The van der Waals surface area contributed by atoms with E-state index in [1.54, 1.807) is 72.8 Å². The second kappa shape index (κ2) is 37.5. The molecular formula is C88H78Cl4N10O10S2. The lowest BCUT2D eigenvalue weighted by molar-refractivity contribution is -0.113. The van der Waals surface area contributed by atoms with Gasteiger partial charge in [-0.2, -0.15) is 0 Å². The van der Waals surface area contributed by atoms with E-state index in [1.165, 1.54) is 49.3 Å². The van der Waals surface area contributed by atoms with Crippen molar-refractivity contribution in [2.75, 3.05) is 35.5 Å². The van der Waals surface area contributed by atoms with Gasteiger partial charge in [-0.3, -0.25) is 38.4 Å². The summed E-state index contributed by atoms with van der Waals surface area (Å²) in [5.41, 5.74) is 14.8. The third kappa shape index (κ3) is 20.2. The molecule has 0 radical (unpaired) electrons. The third-order valence-electron chi connectivity index (χ3n) is 18.6. The number of carbonyl (C=O) groups is 8. The average Bonchev–Trinajstić information content (AvgIpc) is 1.60. The highest BCUT2D eigenvalue weighted by molar-refractivity contribution is 7.20. The number of halogens is 4. The fourth-order valence-corrected chi connectivity index (χ4v) is 15.5. The molecule has 0 bridgehead atoms. The maximum atomic E-state index is 13.2. The van der Waals surface area contributed by atoms with Crippen molar-refractivity contribution in [1.29, 1.82) is 0 Å². The number of hydrogen-bond donors (Lipinski definition) is 4. The number of aryl methyl sites for hydroxylation is 4. The number of methoxy groups -OCH3 is 2. The molecule has 4 N–H and O–H groups in total. The number of amides is 4. The van der Waals surface area contributed by atoms with Gasteiger partial charge in [0.25, 0.3) is 46.8 Å². The fourth-order valence-electron chi connectivity index (χ4n) is 12.8. The van der Waals surface area contributed by atoms with Crippen molar-refractivity contribution in [1.82, 2.24) is 28.2 Å². The fraction of sp³-hybridized carbons (Fsp3) is 0.159. The van der Waals surface area contributed by atoms with Crippen molar-refractivity contribution >= 4 is 159 Å². The van der Waals surface area contributed by atoms with E-state index in [1.807, 2.05) is 192 Å². The van der Waals surface area contributed by atoms with Gasteiger partial charge in [0.15, 0.2) is 0 Å². The minimum Gasteiger partial charge on any atom is -0.481 e. The highest BCUT2D eigenvalue weighted by Crippen LogP contribution is 2.37. The summed E-state index contributed by atoms with van der Waals surface area (Å²) in [4.78, 5) is 112. The molecule has 0 saturated carbocycles. The average molecular weight is 1640 g/mol. The SMILES string of the molecule is COc1cc(NC(=O)C(=O)c2c(C)n(Cc3ccc(Cl)cc3)c3cc(C)sc23)ccn1.COc1cc(NC(=O)C(=O)c2cc(C)n(Cc3ccc(Cl)cc3)c2C)ccn1.Cc1cc(C(=O)C(=O)Nc2ccccc2)c(C)n1Cc1ccc(Cl)cc1.Cc1cc2c(s1)c(C(=O)C(=O)Nc1ccccc1)c(C)n2Cc1ccc(Cl)cc1. The molecule has 0 fully saturated rings. The molecule has 14 rings (SSSR count).